The van der Waals surface area contributed by atoms with Crippen LogP contribution in [0, 0.1) is 6.92 Å². The van der Waals surface area contributed by atoms with Crippen LogP contribution in [0.4, 0.5) is 0 Å². The van der Waals surface area contributed by atoms with Crippen LogP contribution in [0.25, 0.3) is 11.6 Å². The van der Waals surface area contributed by atoms with Crippen LogP contribution in [-0.2, 0) is 0 Å². The van der Waals surface area contributed by atoms with Crippen LogP contribution < -0.4 is 0 Å². The van der Waals surface area contributed by atoms with E-state index < -0.39 is 0 Å². The normalized spacial score (nSPS) is 17.1. The molecule has 5 heteroatoms. The third-order valence-corrected chi connectivity index (χ3v) is 3.09. The number of H-pyrrole nitrogens is 1. The first-order valence-corrected chi connectivity index (χ1v) is 5.69. The van der Waals surface area contributed by atoms with E-state index in [2.05, 4.69) is 20.3 Å². The number of aromatic amines is 1. The van der Waals surface area contributed by atoms with Crippen molar-refractivity contribution in [2.24, 2.45) is 0 Å². The number of rotatable bonds is 2. The van der Waals surface area contributed by atoms with Gasteiger partial charge in [0.2, 0.25) is 11.6 Å². The van der Waals surface area contributed by atoms with E-state index in [9.17, 15) is 0 Å². The molecule has 1 aliphatic carbocycles. The van der Waals surface area contributed by atoms with Crippen LogP contribution >= 0.6 is 0 Å². The molecule has 0 aliphatic heterocycles. The lowest BCUT2D eigenvalue weighted by atomic mass is 10.1. The highest BCUT2D eigenvalue weighted by Gasteiger charge is 2.21. The lowest BCUT2D eigenvalue weighted by Gasteiger charge is -2.01. The summed E-state index contributed by atoms with van der Waals surface area (Å²) >= 11 is 0. The Morgan fingerprint density at radius 2 is 2.19 bits per heavy atom. The molecule has 1 saturated carbocycles. The van der Waals surface area contributed by atoms with Crippen molar-refractivity contribution in [1.82, 2.24) is 20.3 Å². The minimum absolute atomic E-state index is 0.547. The molecule has 0 amide bonds. The second-order valence-electron chi connectivity index (χ2n) is 4.36. The van der Waals surface area contributed by atoms with Gasteiger partial charge in [-0.2, -0.15) is 0 Å². The smallest absolute Gasteiger partial charge is 0.219 e. The highest BCUT2D eigenvalue weighted by molar-refractivity contribution is 5.45. The Hall–Kier alpha value is -1.65. The molecule has 2 aromatic heterocycles. The molecule has 0 atom stereocenters. The van der Waals surface area contributed by atoms with Gasteiger partial charge in [-0.3, -0.25) is 5.10 Å². The maximum Gasteiger partial charge on any atom is 0.219 e. The summed E-state index contributed by atoms with van der Waals surface area (Å²) in [6, 6.07) is 1.85. The number of nitrogens with zero attached hydrogens (tertiary/aromatic N) is 3. The van der Waals surface area contributed by atoms with E-state index in [-0.39, 0.29) is 0 Å². The lowest BCUT2D eigenvalue weighted by molar-refractivity contribution is 0.424. The van der Waals surface area contributed by atoms with Gasteiger partial charge in [-0.05, 0) is 19.8 Å². The molecule has 0 unspecified atom stereocenters. The van der Waals surface area contributed by atoms with Gasteiger partial charge in [-0.15, -0.1) is 5.10 Å². The van der Waals surface area contributed by atoms with E-state index in [1.807, 2.05) is 13.0 Å². The van der Waals surface area contributed by atoms with Crippen LogP contribution in [0.15, 0.2) is 10.6 Å². The SMILES string of the molecule is Cc1cc(-c2n[nH]c(C3CCCC3)n2)on1. The third-order valence-electron chi connectivity index (χ3n) is 3.09. The summed E-state index contributed by atoms with van der Waals surface area (Å²) in [5.74, 6) is 2.78. The molecule has 16 heavy (non-hydrogen) atoms. The molecular weight excluding hydrogens is 204 g/mol. The fourth-order valence-corrected chi connectivity index (χ4v) is 2.24. The Balaban J connectivity index is 1.87. The summed E-state index contributed by atoms with van der Waals surface area (Å²) in [5, 5.41) is 11.0. The first-order chi connectivity index (χ1) is 7.83. The molecule has 5 nitrogen and oxygen atoms in total. The number of hydrogen-bond acceptors (Lipinski definition) is 4. The van der Waals surface area contributed by atoms with Crippen molar-refractivity contribution in [3.8, 4) is 11.6 Å². The zero-order chi connectivity index (χ0) is 11.0. The van der Waals surface area contributed by atoms with Crippen LogP contribution in [0.3, 0.4) is 0 Å². The predicted molar refractivity (Wildman–Crippen MR) is 57.8 cm³/mol. The van der Waals surface area contributed by atoms with Gasteiger partial charge >= 0.3 is 0 Å². The molecule has 0 aromatic carbocycles. The topological polar surface area (TPSA) is 67.6 Å². The highest BCUT2D eigenvalue weighted by Crippen LogP contribution is 2.32. The molecular formula is C11H14N4O. The largest absolute Gasteiger partial charge is 0.353 e. The van der Waals surface area contributed by atoms with Gasteiger partial charge in [-0.1, -0.05) is 18.0 Å². The van der Waals surface area contributed by atoms with Gasteiger partial charge in [0.25, 0.3) is 0 Å². The molecule has 2 aromatic rings. The van der Waals surface area contributed by atoms with E-state index in [0.29, 0.717) is 17.5 Å². The van der Waals surface area contributed by atoms with Crippen molar-refractivity contribution in [1.29, 1.82) is 0 Å². The van der Waals surface area contributed by atoms with Crippen molar-refractivity contribution >= 4 is 0 Å². The Labute approximate surface area is 93.3 Å². The molecule has 1 aliphatic rings. The zero-order valence-corrected chi connectivity index (χ0v) is 9.23. The molecule has 0 spiro atoms. The van der Waals surface area contributed by atoms with Gasteiger partial charge < -0.3 is 4.52 Å². The number of hydrogen-bond donors (Lipinski definition) is 1. The highest BCUT2D eigenvalue weighted by atomic mass is 16.5. The Kier molecular flexibility index (Phi) is 2.23. The van der Waals surface area contributed by atoms with Crippen LogP contribution in [-0.4, -0.2) is 20.3 Å². The molecule has 0 bridgehead atoms. The van der Waals surface area contributed by atoms with Crippen molar-refractivity contribution in [3.05, 3.63) is 17.6 Å². The molecule has 3 rings (SSSR count). The zero-order valence-electron chi connectivity index (χ0n) is 9.23. The summed E-state index contributed by atoms with van der Waals surface area (Å²) in [6.07, 6.45) is 5.01. The fraction of sp³-hybridized carbons (Fsp3) is 0.545. The van der Waals surface area contributed by atoms with Crippen molar-refractivity contribution in [3.63, 3.8) is 0 Å². The van der Waals surface area contributed by atoms with Gasteiger partial charge in [0, 0.05) is 12.0 Å². The predicted octanol–water partition coefficient (Wildman–Crippen LogP) is 2.43. The van der Waals surface area contributed by atoms with Crippen molar-refractivity contribution in [2.45, 2.75) is 38.5 Å². The lowest BCUT2D eigenvalue weighted by Crippen LogP contribution is -1.94. The summed E-state index contributed by atoms with van der Waals surface area (Å²) in [4.78, 5) is 4.48. The first-order valence-electron chi connectivity index (χ1n) is 5.69. The molecule has 1 fully saturated rings. The number of aromatic nitrogens is 4. The van der Waals surface area contributed by atoms with E-state index in [1.165, 1.54) is 25.7 Å². The Morgan fingerprint density at radius 1 is 1.38 bits per heavy atom. The van der Waals surface area contributed by atoms with Gasteiger partial charge in [0.15, 0.2) is 0 Å². The quantitative estimate of drug-likeness (QED) is 0.840. The molecule has 0 radical (unpaired) electrons. The molecule has 2 heterocycles. The average Bonchev–Trinajstić information content (AvgIpc) is 2.97. The number of aryl methyl sites for hydroxylation is 1. The van der Waals surface area contributed by atoms with Crippen LogP contribution in [0.2, 0.25) is 0 Å². The molecule has 84 valence electrons. The monoisotopic (exact) mass is 218 g/mol. The van der Waals surface area contributed by atoms with E-state index in [1.54, 1.807) is 0 Å². The van der Waals surface area contributed by atoms with Gasteiger partial charge in [0.05, 0.1) is 5.69 Å². The van der Waals surface area contributed by atoms with E-state index >= 15 is 0 Å². The second-order valence-corrected chi connectivity index (χ2v) is 4.36. The second kappa shape index (κ2) is 3.73. The van der Waals surface area contributed by atoms with Gasteiger partial charge in [0.1, 0.15) is 5.82 Å². The molecule has 0 saturated heterocycles. The average molecular weight is 218 g/mol. The molecule has 1 N–H and O–H groups in total. The van der Waals surface area contributed by atoms with Crippen LogP contribution in [0.5, 0.6) is 0 Å². The van der Waals surface area contributed by atoms with Crippen molar-refractivity contribution < 1.29 is 4.52 Å². The van der Waals surface area contributed by atoms with Gasteiger partial charge in [-0.25, -0.2) is 4.98 Å². The third kappa shape index (κ3) is 1.62. The maximum absolute atomic E-state index is 5.13. The summed E-state index contributed by atoms with van der Waals surface area (Å²) < 4.78 is 5.13. The minimum Gasteiger partial charge on any atom is -0.353 e. The Morgan fingerprint density at radius 3 is 2.88 bits per heavy atom. The fourth-order valence-electron chi connectivity index (χ4n) is 2.24. The maximum atomic E-state index is 5.13. The Bertz CT molecular complexity index is 482. The minimum atomic E-state index is 0.547. The van der Waals surface area contributed by atoms with Crippen molar-refractivity contribution in [2.75, 3.05) is 0 Å². The van der Waals surface area contributed by atoms with E-state index in [0.717, 1.165) is 11.5 Å². The number of nitrogens with one attached hydrogen (secondary N) is 1. The first kappa shape index (κ1) is 9.57. The summed E-state index contributed by atoms with van der Waals surface area (Å²) in [7, 11) is 0. The summed E-state index contributed by atoms with van der Waals surface area (Å²) in [6.45, 7) is 1.89. The van der Waals surface area contributed by atoms with Crippen LogP contribution in [0.1, 0.15) is 43.1 Å². The summed E-state index contributed by atoms with van der Waals surface area (Å²) in [5.41, 5.74) is 0.849. The van der Waals surface area contributed by atoms with E-state index in [4.69, 9.17) is 4.52 Å². The standard InChI is InChI=1S/C11H14N4O/c1-7-6-9(16-15-7)11-12-10(13-14-11)8-4-2-3-5-8/h6,8H,2-5H2,1H3,(H,12,13,14).